The zero-order valence-electron chi connectivity index (χ0n) is 14.2. The maximum atomic E-state index is 13.9. The van der Waals surface area contributed by atoms with Crippen LogP contribution in [0.4, 0.5) is 4.39 Å². The molecule has 2 aromatic carbocycles. The molecule has 2 nitrogen and oxygen atoms in total. The van der Waals surface area contributed by atoms with Crippen LogP contribution in [0, 0.1) is 25.7 Å². The van der Waals surface area contributed by atoms with Gasteiger partial charge in [-0.3, -0.25) is 9.37 Å². The molecule has 0 saturated carbocycles. The summed E-state index contributed by atoms with van der Waals surface area (Å²) in [5.74, 6) is 0.534. The first-order chi connectivity index (χ1) is 11.0. The Hall–Kier alpha value is -1.77. The van der Waals surface area contributed by atoms with Crippen molar-refractivity contribution in [1.82, 2.24) is 9.55 Å². The van der Waals surface area contributed by atoms with Gasteiger partial charge in [-0.15, -0.1) is 23.8 Å². The Morgan fingerprint density at radius 1 is 1.17 bits per heavy atom. The first-order valence-corrected chi connectivity index (χ1v) is 7.80. The van der Waals surface area contributed by atoms with E-state index in [4.69, 9.17) is 0 Å². The number of halogens is 1. The van der Waals surface area contributed by atoms with Crippen molar-refractivity contribution in [2.75, 3.05) is 0 Å². The topological polar surface area (TPSA) is 17.8 Å². The molecule has 0 fully saturated rings. The van der Waals surface area contributed by atoms with E-state index >= 15 is 0 Å². The third-order valence-corrected chi connectivity index (χ3v) is 4.11. The molecule has 0 atom stereocenters. The molecule has 0 unspecified atom stereocenters. The number of aryl methyl sites for hydroxylation is 2. The quantitative estimate of drug-likeness (QED) is 0.444. The second-order valence-corrected chi connectivity index (χ2v) is 6.13. The number of nitrogens with zero attached hydrogens (tertiary/aromatic N) is 2. The van der Waals surface area contributed by atoms with Gasteiger partial charge < -0.3 is 4.57 Å². The molecule has 0 aliphatic heterocycles. The predicted molar refractivity (Wildman–Crippen MR) is 91.8 cm³/mol. The normalized spacial score (nSPS) is 10.8. The van der Waals surface area contributed by atoms with Crippen molar-refractivity contribution in [2.24, 2.45) is 0 Å². The third kappa shape index (κ3) is 3.35. The summed E-state index contributed by atoms with van der Waals surface area (Å²) in [5, 5.41) is 0. The maximum Gasteiger partial charge on any atom is 0.0565 e. The maximum absolute atomic E-state index is 13.9. The largest absolute Gasteiger partial charge is 0.368 e. The average molecular weight is 500 g/mol. The minimum absolute atomic E-state index is 0. The molecule has 0 bridgehead atoms. The first-order valence-electron chi connectivity index (χ1n) is 7.80. The molecule has 0 aliphatic carbocycles. The van der Waals surface area contributed by atoms with E-state index < -0.39 is 0 Å². The second kappa shape index (κ2) is 7.41. The van der Waals surface area contributed by atoms with Crippen LogP contribution in [-0.2, 0) is 20.1 Å². The van der Waals surface area contributed by atoms with Crippen LogP contribution < -0.4 is 0 Å². The molecular formula is C20H20FIrN2-. The summed E-state index contributed by atoms with van der Waals surface area (Å²) >= 11 is 0. The Labute approximate surface area is 156 Å². The average Bonchev–Trinajstić information content (AvgIpc) is 2.97. The number of imidazole rings is 1. The Morgan fingerprint density at radius 3 is 2.46 bits per heavy atom. The molecule has 4 heteroatoms. The van der Waals surface area contributed by atoms with E-state index in [1.807, 2.05) is 38.2 Å². The minimum atomic E-state index is -0.283. The molecule has 1 aromatic heterocycles. The van der Waals surface area contributed by atoms with E-state index in [9.17, 15) is 4.39 Å². The number of rotatable bonds is 3. The molecule has 1 radical (unpaired) electrons. The van der Waals surface area contributed by atoms with E-state index in [-0.39, 0.29) is 32.0 Å². The molecule has 0 N–H and O–H groups in total. The van der Waals surface area contributed by atoms with Crippen LogP contribution in [-0.4, -0.2) is 9.55 Å². The summed E-state index contributed by atoms with van der Waals surface area (Å²) < 4.78 is 16.0. The van der Waals surface area contributed by atoms with Gasteiger partial charge in [0.25, 0.3) is 0 Å². The van der Waals surface area contributed by atoms with Crippen molar-refractivity contribution >= 4 is 0 Å². The zero-order chi connectivity index (χ0) is 16.6. The molecule has 1 heterocycles. The molecule has 3 aromatic rings. The second-order valence-electron chi connectivity index (χ2n) is 6.13. The number of hydrogen-bond acceptors (Lipinski definition) is 1. The summed E-state index contributed by atoms with van der Waals surface area (Å²) in [7, 11) is 0. The summed E-state index contributed by atoms with van der Waals surface area (Å²) in [6, 6.07) is 12.5. The molecule has 0 spiro atoms. The molecule has 3 rings (SSSR count). The van der Waals surface area contributed by atoms with Gasteiger partial charge in [0.05, 0.1) is 5.82 Å². The van der Waals surface area contributed by atoms with E-state index in [2.05, 4.69) is 29.5 Å². The Bertz CT molecular complexity index is 832. The van der Waals surface area contributed by atoms with Crippen molar-refractivity contribution in [3.63, 3.8) is 0 Å². The van der Waals surface area contributed by atoms with Gasteiger partial charge in [-0.2, -0.15) is 0 Å². The molecule has 127 valence electrons. The fourth-order valence-corrected chi connectivity index (χ4v) is 3.02. The molecule has 0 aliphatic rings. The Kier molecular flexibility index (Phi) is 5.74. The standard InChI is InChI=1S/C20H20FN2.Ir/c1-13(2)23-11-10-22-20(23)17-9-8-16(21)12-18(17)19-14(3)6-5-7-15(19)4;/h5-8,10-13H,1-4H3;/q-1;. The van der Waals surface area contributed by atoms with Crippen molar-refractivity contribution in [2.45, 2.75) is 33.7 Å². The molecule has 0 saturated heterocycles. The first kappa shape index (κ1) is 18.6. The van der Waals surface area contributed by atoms with Crippen LogP contribution >= 0.6 is 0 Å². The van der Waals surface area contributed by atoms with E-state index in [0.717, 1.165) is 33.6 Å². The van der Waals surface area contributed by atoms with Crippen LogP contribution in [0.25, 0.3) is 22.5 Å². The van der Waals surface area contributed by atoms with E-state index in [1.54, 1.807) is 12.3 Å². The minimum Gasteiger partial charge on any atom is -0.368 e. The van der Waals surface area contributed by atoms with Gasteiger partial charge in [0.15, 0.2) is 0 Å². The summed E-state index contributed by atoms with van der Waals surface area (Å²) in [5.41, 5.74) is 4.97. The van der Waals surface area contributed by atoms with Gasteiger partial charge in [0.2, 0.25) is 0 Å². The molecule has 0 amide bonds. The molecule has 24 heavy (non-hydrogen) atoms. The number of benzene rings is 2. The van der Waals surface area contributed by atoms with Crippen molar-refractivity contribution in [1.29, 1.82) is 0 Å². The number of hydrogen-bond donors (Lipinski definition) is 0. The zero-order valence-corrected chi connectivity index (χ0v) is 16.6. The Morgan fingerprint density at radius 2 is 1.83 bits per heavy atom. The fraction of sp³-hybridized carbons (Fsp3) is 0.250. The summed E-state index contributed by atoms with van der Waals surface area (Å²) in [6.45, 7) is 8.30. The van der Waals surface area contributed by atoms with Crippen molar-refractivity contribution in [3.05, 3.63) is 65.7 Å². The molecular weight excluding hydrogens is 479 g/mol. The predicted octanol–water partition coefficient (Wildman–Crippen LogP) is 5.35. The van der Waals surface area contributed by atoms with Gasteiger partial charge in [0, 0.05) is 44.4 Å². The fourth-order valence-electron chi connectivity index (χ4n) is 3.02. The van der Waals surface area contributed by atoms with Crippen molar-refractivity contribution < 1.29 is 24.5 Å². The van der Waals surface area contributed by atoms with Crippen LogP contribution in [0.15, 0.2) is 42.7 Å². The van der Waals surface area contributed by atoms with Gasteiger partial charge >= 0.3 is 0 Å². The monoisotopic (exact) mass is 500 g/mol. The van der Waals surface area contributed by atoms with Crippen LogP contribution in [0.3, 0.4) is 0 Å². The van der Waals surface area contributed by atoms with Crippen LogP contribution in [0.1, 0.15) is 31.0 Å². The van der Waals surface area contributed by atoms with Crippen molar-refractivity contribution in [3.8, 4) is 22.5 Å². The van der Waals surface area contributed by atoms with E-state index in [1.165, 1.54) is 6.07 Å². The van der Waals surface area contributed by atoms with Gasteiger partial charge in [-0.05, 0) is 27.7 Å². The SMILES string of the molecule is Cc1cccc(C)c1-c1cc(F)c[c-]c1-c1nccn1C(C)C.[Ir]. The van der Waals surface area contributed by atoms with Crippen LogP contribution in [0.2, 0.25) is 0 Å². The van der Waals surface area contributed by atoms with Gasteiger partial charge in [-0.1, -0.05) is 40.5 Å². The number of aromatic nitrogens is 2. The summed E-state index contributed by atoms with van der Waals surface area (Å²) in [6.07, 6.45) is 3.73. The van der Waals surface area contributed by atoms with Crippen LogP contribution in [0.5, 0.6) is 0 Å². The van der Waals surface area contributed by atoms with Gasteiger partial charge in [-0.25, -0.2) is 0 Å². The Balaban J connectivity index is 0.00000208. The van der Waals surface area contributed by atoms with E-state index in [0.29, 0.717) is 0 Å². The third-order valence-electron chi connectivity index (χ3n) is 4.11. The smallest absolute Gasteiger partial charge is 0.0565 e. The van der Waals surface area contributed by atoms with Gasteiger partial charge in [0.1, 0.15) is 0 Å². The summed E-state index contributed by atoms with van der Waals surface area (Å²) in [4.78, 5) is 4.49.